The fraction of sp³-hybridized carbons (Fsp3) is 0.650. The zero-order chi connectivity index (χ0) is 17.5. The number of guanidine groups is 1. The highest BCUT2D eigenvalue weighted by atomic mass is 16.5. The standard InChI is InChI=1S/C20H32N4O/c1-3-4-8-11-22-20(21-2)24-15-18-19(16-24)25-13-12-23(18)14-17-9-6-5-7-10-17/h5-7,9-10,18-19H,3-4,8,11-16H2,1-2H3,(H,21,22). The first-order valence-electron chi connectivity index (χ1n) is 9.67. The highest BCUT2D eigenvalue weighted by Gasteiger charge is 2.41. The minimum absolute atomic E-state index is 0.284. The van der Waals surface area contributed by atoms with E-state index in [1.807, 2.05) is 7.05 Å². The molecular weight excluding hydrogens is 312 g/mol. The summed E-state index contributed by atoms with van der Waals surface area (Å²) in [5.41, 5.74) is 1.38. The van der Waals surface area contributed by atoms with Gasteiger partial charge >= 0.3 is 0 Å². The van der Waals surface area contributed by atoms with Crippen molar-refractivity contribution in [1.29, 1.82) is 0 Å². The highest BCUT2D eigenvalue weighted by Crippen LogP contribution is 2.24. The van der Waals surface area contributed by atoms with Gasteiger partial charge < -0.3 is 15.0 Å². The maximum atomic E-state index is 6.07. The molecule has 0 spiro atoms. The molecule has 1 N–H and O–H groups in total. The molecule has 2 atom stereocenters. The number of hydrogen-bond acceptors (Lipinski definition) is 3. The molecular formula is C20H32N4O. The van der Waals surface area contributed by atoms with Crippen LogP contribution in [0, 0.1) is 0 Å². The van der Waals surface area contributed by atoms with Gasteiger partial charge in [0.05, 0.1) is 18.8 Å². The molecule has 0 aliphatic carbocycles. The van der Waals surface area contributed by atoms with Gasteiger partial charge in [-0.05, 0) is 12.0 Å². The molecule has 0 amide bonds. The van der Waals surface area contributed by atoms with Crippen LogP contribution in [0.4, 0.5) is 0 Å². The number of rotatable bonds is 6. The molecule has 2 unspecified atom stereocenters. The molecule has 0 saturated carbocycles. The molecule has 2 heterocycles. The lowest BCUT2D eigenvalue weighted by Crippen LogP contribution is -2.50. The zero-order valence-electron chi connectivity index (χ0n) is 15.7. The number of aliphatic imine (C=N–C) groups is 1. The van der Waals surface area contributed by atoms with Crippen LogP contribution in [-0.4, -0.2) is 67.7 Å². The molecule has 1 aromatic carbocycles. The van der Waals surface area contributed by atoms with Crippen molar-refractivity contribution in [1.82, 2.24) is 15.1 Å². The highest BCUT2D eigenvalue weighted by molar-refractivity contribution is 5.80. The monoisotopic (exact) mass is 344 g/mol. The van der Waals surface area contributed by atoms with Crippen LogP contribution in [-0.2, 0) is 11.3 Å². The lowest BCUT2D eigenvalue weighted by molar-refractivity contribution is -0.0502. The van der Waals surface area contributed by atoms with Gasteiger partial charge in [0.25, 0.3) is 0 Å². The summed E-state index contributed by atoms with van der Waals surface area (Å²) >= 11 is 0. The lowest BCUT2D eigenvalue weighted by atomic mass is 10.1. The Morgan fingerprint density at radius 2 is 2.08 bits per heavy atom. The number of hydrogen-bond donors (Lipinski definition) is 1. The van der Waals surface area contributed by atoms with Crippen LogP contribution in [0.25, 0.3) is 0 Å². The molecule has 0 aromatic heterocycles. The van der Waals surface area contributed by atoms with Crippen LogP contribution in [0.2, 0.25) is 0 Å². The van der Waals surface area contributed by atoms with E-state index in [-0.39, 0.29) is 6.10 Å². The molecule has 2 aliphatic rings. The molecule has 5 heteroatoms. The fourth-order valence-corrected chi connectivity index (χ4v) is 3.85. The van der Waals surface area contributed by atoms with Crippen LogP contribution < -0.4 is 5.32 Å². The molecule has 2 fully saturated rings. The molecule has 0 bridgehead atoms. The second-order valence-electron chi connectivity index (χ2n) is 7.02. The summed E-state index contributed by atoms with van der Waals surface area (Å²) in [6, 6.07) is 11.2. The van der Waals surface area contributed by atoms with Crippen molar-refractivity contribution in [2.24, 2.45) is 4.99 Å². The first kappa shape index (κ1) is 18.2. The van der Waals surface area contributed by atoms with Crippen LogP contribution in [0.5, 0.6) is 0 Å². The predicted molar refractivity (Wildman–Crippen MR) is 103 cm³/mol. The van der Waals surface area contributed by atoms with E-state index in [1.54, 1.807) is 0 Å². The molecule has 138 valence electrons. The number of ether oxygens (including phenoxy) is 1. The molecule has 3 rings (SSSR count). The molecule has 1 aromatic rings. The van der Waals surface area contributed by atoms with Gasteiger partial charge in [0.2, 0.25) is 0 Å². The Labute approximate surface area is 152 Å². The lowest BCUT2D eigenvalue weighted by Gasteiger charge is -2.36. The van der Waals surface area contributed by atoms with Crippen molar-refractivity contribution < 1.29 is 4.74 Å². The number of fused-ring (bicyclic) bond motifs is 1. The first-order chi connectivity index (χ1) is 12.3. The van der Waals surface area contributed by atoms with Crippen molar-refractivity contribution in [3.8, 4) is 0 Å². The van der Waals surface area contributed by atoms with E-state index in [4.69, 9.17) is 4.74 Å². The van der Waals surface area contributed by atoms with Gasteiger partial charge in [-0.15, -0.1) is 0 Å². The Kier molecular flexibility index (Phi) is 6.70. The Morgan fingerprint density at radius 3 is 2.84 bits per heavy atom. The number of nitrogens with one attached hydrogen (secondary N) is 1. The fourth-order valence-electron chi connectivity index (χ4n) is 3.85. The first-order valence-corrected chi connectivity index (χ1v) is 9.67. The van der Waals surface area contributed by atoms with E-state index in [2.05, 4.69) is 57.4 Å². The van der Waals surface area contributed by atoms with Crippen molar-refractivity contribution in [2.45, 2.75) is 44.9 Å². The maximum Gasteiger partial charge on any atom is 0.193 e. The Morgan fingerprint density at radius 1 is 1.24 bits per heavy atom. The number of unbranched alkanes of at least 4 members (excludes halogenated alkanes) is 2. The second-order valence-corrected chi connectivity index (χ2v) is 7.02. The summed E-state index contributed by atoms with van der Waals surface area (Å²) in [5, 5.41) is 3.52. The molecule has 5 nitrogen and oxygen atoms in total. The minimum Gasteiger partial charge on any atom is -0.373 e. The normalized spacial score (nSPS) is 24.4. The quantitative estimate of drug-likeness (QED) is 0.488. The Balaban J connectivity index is 1.58. The average Bonchev–Trinajstić information content (AvgIpc) is 3.08. The van der Waals surface area contributed by atoms with Crippen LogP contribution in [0.1, 0.15) is 31.7 Å². The number of benzene rings is 1. The van der Waals surface area contributed by atoms with Gasteiger partial charge in [-0.25, -0.2) is 0 Å². The van der Waals surface area contributed by atoms with Crippen molar-refractivity contribution in [2.75, 3.05) is 39.8 Å². The third-order valence-corrected chi connectivity index (χ3v) is 5.22. The summed E-state index contributed by atoms with van der Waals surface area (Å²) in [6.07, 6.45) is 4.00. The van der Waals surface area contributed by atoms with Gasteiger partial charge in [-0.1, -0.05) is 50.1 Å². The van der Waals surface area contributed by atoms with E-state index in [0.29, 0.717) is 6.04 Å². The Hall–Kier alpha value is -1.59. The number of nitrogens with zero attached hydrogens (tertiary/aromatic N) is 3. The van der Waals surface area contributed by atoms with E-state index in [1.165, 1.54) is 24.8 Å². The molecule has 2 saturated heterocycles. The van der Waals surface area contributed by atoms with Crippen molar-refractivity contribution in [3.05, 3.63) is 35.9 Å². The summed E-state index contributed by atoms with van der Waals surface area (Å²) in [5.74, 6) is 1.02. The third kappa shape index (κ3) is 4.73. The van der Waals surface area contributed by atoms with Crippen LogP contribution >= 0.6 is 0 Å². The smallest absolute Gasteiger partial charge is 0.193 e. The van der Waals surface area contributed by atoms with Crippen LogP contribution in [0.3, 0.4) is 0 Å². The van der Waals surface area contributed by atoms with Gasteiger partial charge in [0.1, 0.15) is 0 Å². The van der Waals surface area contributed by atoms with E-state index < -0.39 is 0 Å². The van der Waals surface area contributed by atoms with E-state index in [9.17, 15) is 0 Å². The van der Waals surface area contributed by atoms with Crippen molar-refractivity contribution in [3.63, 3.8) is 0 Å². The second kappa shape index (κ2) is 9.20. The average molecular weight is 345 g/mol. The minimum atomic E-state index is 0.284. The zero-order valence-corrected chi connectivity index (χ0v) is 15.7. The largest absolute Gasteiger partial charge is 0.373 e. The molecule has 25 heavy (non-hydrogen) atoms. The van der Waals surface area contributed by atoms with Gasteiger partial charge in [0, 0.05) is 39.8 Å². The molecule has 2 aliphatic heterocycles. The summed E-state index contributed by atoms with van der Waals surface area (Å²) in [7, 11) is 1.88. The topological polar surface area (TPSA) is 40.1 Å². The molecule has 0 radical (unpaired) electrons. The van der Waals surface area contributed by atoms with Gasteiger partial charge in [-0.2, -0.15) is 0 Å². The van der Waals surface area contributed by atoms with Gasteiger partial charge in [0.15, 0.2) is 5.96 Å². The summed E-state index contributed by atoms with van der Waals surface area (Å²) in [4.78, 5) is 9.43. The SMILES string of the molecule is CCCCCNC(=NC)N1CC2OCCN(Cc3ccccc3)C2C1. The maximum absolute atomic E-state index is 6.07. The van der Waals surface area contributed by atoms with Crippen LogP contribution in [0.15, 0.2) is 35.3 Å². The van der Waals surface area contributed by atoms with Gasteiger partial charge in [-0.3, -0.25) is 9.89 Å². The predicted octanol–water partition coefficient (Wildman–Crippen LogP) is 2.34. The Bertz CT molecular complexity index is 548. The van der Waals surface area contributed by atoms with E-state index >= 15 is 0 Å². The van der Waals surface area contributed by atoms with Crippen molar-refractivity contribution >= 4 is 5.96 Å². The number of likely N-dealkylation sites (tertiary alicyclic amines) is 1. The third-order valence-electron chi connectivity index (χ3n) is 5.22. The number of morpholine rings is 1. The summed E-state index contributed by atoms with van der Waals surface area (Å²) in [6.45, 7) is 7.99. The van der Waals surface area contributed by atoms with E-state index in [0.717, 1.165) is 45.3 Å². The summed E-state index contributed by atoms with van der Waals surface area (Å²) < 4.78 is 6.07.